The van der Waals surface area contributed by atoms with Gasteiger partial charge < -0.3 is 5.73 Å². The van der Waals surface area contributed by atoms with Gasteiger partial charge in [-0.15, -0.1) is 11.3 Å². The molecular weight excluding hydrogens is 258 g/mol. The van der Waals surface area contributed by atoms with Crippen LogP contribution in [0.4, 0.5) is 0 Å². The largest absolute Gasteiger partial charge is 0.329 e. The fourth-order valence-electron chi connectivity index (χ4n) is 2.30. The normalized spacial score (nSPS) is 13.2. The molecule has 2 rings (SSSR count). The van der Waals surface area contributed by atoms with Crippen LogP contribution in [0.1, 0.15) is 27.9 Å². The molecule has 2 aromatic rings. The summed E-state index contributed by atoms with van der Waals surface area (Å²) in [4.78, 5) is 7.86. The zero-order chi connectivity index (χ0) is 14.0. The molecule has 0 saturated heterocycles. The standard InChI is InChI=1S/C13H21N5S/c1-9-11(6-18(4)16-9)12(5-14)17(3)7-13-10(2)15-8-19-13/h6,8,12H,5,7,14H2,1-4H3. The average Bonchev–Trinajstić information content (AvgIpc) is 2.88. The number of nitrogens with two attached hydrogens (primary N) is 1. The molecule has 1 unspecified atom stereocenters. The fourth-order valence-corrected chi connectivity index (χ4v) is 3.14. The van der Waals surface area contributed by atoms with E-state index in [1.807, 2.05) is 31.1 Å². The SMILES string of the molecule is Cc1nn(C)cc1C(CN)N(C)Cc1scnc1C. The summed E-state index contributed by atoms with van der Waals surface area (Å²) in [7, 11) is 4.04. The maximum atomic E-state index is 5.96. The molecule has 0 saturated carbocycles. The third-order valence-corrected chi connectivity index (χ3v) is 4.32. The van der Waals surface area contributed by atoms with Gasteiger partial charge in [-0.2, -0.15) is 5.10 Å². The molecule has 2 aromatic heterocycles. The Morgan fingerprint density at radius 1 is 1.42 bits per heavy atom. The summed E-state index contributed by atoms with van der Waals surface area (Å²) in [6, 6.07) is 0.190. The highest BCUT2D eigenvalue weighted by Crippen LogP contribution is 2.24. The molecular formula is C13H21N5S. The number of nitrogens with zero attached hydrogens (tertiary/aromatic N) is 4. The van der Waals surface area contributed by atoms with Crippen molar-refractivity contribution in [3.63, 3.8) is 0 Å². The lowest BCUT2D eigenvalue weighted by molar-refractivity contribution is 0.242. The first-order chi connectivity index (χ1) is 9.02. The van der Waals surface area contributed by atoms with Crippen molar-refractivity contribution in [2.75, 3.05) is 13.6 Å². The van der Waals surface area contributed by atoms with Crippen LogP contribution in [0.15, 0.2) is 11.7 Å². The average molecular weight is 279 g/mol. The Labute approximate surface area is 118 Å². The monoisotopic (exact) mass is 279 g/mol. The van der Waals surface area contributed by atoms with Gasteiger partial charge in [-0.05, 0) is 20.9 Å². The number of thiazole rings is 1. The third kappa shape index (κ3) is 3.02. The second kappa shape index (κ2) is 5.81. The quantitative estimate of drug-likeness (QED) is 0.903. The maximum absolute atomic E-state index is 5.96. The van der Waals surface area contributed by atoms with Gasteiger partial charge in [0.1, 0.15) is 0 Å². The lowest BCUT2D eigenvalue weighted by Crippen LogP contribution is -2.30. The fraction of sp³-hybridized carbons (Fsp3) is 0.538. The summed E-state index contributed by atoms with van der Waals surface area (Å²) in [6.07, 6.45) is 2.06. The molecule has 2 heterocycles. The molecule has 2 N–H and O–H groups in total. The number of aryl methyl sites for hydroxylation is 3. The van der Waals surface area contributed by atoms with Gasteiger partial charge in [0.15, 0.2) is 0 Å². The van der Waals surface area contributed by atoms with Gasteiger partial charge in [-0.3, -0.25) is 9.58 Å². The Morgan fingerprint density at radius 2 is 2.16 bits per heavy atom. The van der Waals surface area contributed by atoms with Crippen LogP contribution in [0.5, 0.6) is 0 Å². The van der Waals surface area contributed by atoms with Crippen molar-refractivity contribution in [3.8, 4) is 0 Å². The van der Waals surface area contributed by atoms with E-state index in [0.717, 1.165) is 17.9 Å². The minimum absolute atomic E-state index is 0.190. The molecule has 0 aliphatic carbocycles. The van der Waals surface area contributed by atoms with Crippen molar-refractivity contribution in [2.24, 2.45) is 12.8 Å². The number of hydrogen-bond acceptors (Lipinski definition) is 5. The van der Waals surface area contributed by atoms with Crippen molar-refractivity contribution in [3.05, 3.63) is 33.5 Å². The summed E-state index contributed by atoms with van der Waals surface area (Å²) in [5, 5.41) is 4.40. The van der Waals surface area contributed by atoms with E-state index in [1.54, 1.807) is 11.3 Å². The molecule has 104 valence electrons. The van der Waals surface area contributed by atoms with Gasteiger partial charge in [0.25, 0.3) is 0 Å². The van der Waals surface area contributed by atoms with Crippen LogP contribution in [0.2, 0.25) is 0 Å². The summed E-state index contributed by atoms with van der Waals surface area (Å²) < 4.78 is 1.85. The van der Waals surface area contributed by atoms with Gasteiger partial charge in [-0.25, -0.2) is 4.98 Å². The Hall–Kier alpha value is -1.24. The van der Waals surface area contributed by atoms with E-state index in [4.69, 9.17) is 5.73 Å². The summed E-state index contributed by atoms with van der Waals surface area (Å²) in [5.74, 6) is 0. The van der Waals surface area contributed by atoms with Gasteiger partial charge in [-0.1, -0.05) is 0 Å². The van der Waals surface area contributed by atoms with Gasteiger partial charge in [0.05, 0.1) is 22.9 Å². The smallest absolute Gasteiger partial charge is 0.0798 e. The van der Waals surface area contributed by atoms with Crippen LogP contribution in [-0.4, -0.2) is 33.3 Å². The number of aromatic nitrogens is 3. The summed E-state index contributed by atoms with van der Waals surface area (Å²) >= 11 is 1.70. The second-order valence-electron chi connectivity index (χ2n) is 4.87. The summed E-state index contributed by atoms with van der Waals surface area (Å²) in [6.45, 7) is 5.53. The molecule has 0 spiro atoms. The minimum atomic E-state index is 0.190. The molecule has 0 fully saturated rings. The van der Waals surface area contributed by atoms with Crippen molar-refractivity contribution in [2.45, 2.75) is 26.4 Å². The Kier molecular flexibility index (Phi) is 4.34. The van der Waals surface area contributed by atoms with Crippen LogP contribution in [-0.2, 0) is 13.6 Å². The first-order valence-corrected chi connectivity index (χ1v) is 7.20. The highest BCUT2D eigenvalue weighted by Gasteiger charge is 2.20. The Bertz CT molecular complexity index is 545. The van der Waals surface area contributed by atoms with Crippen LogP contribution in [0.3, 0.4) is 0 Å². The lowest BCUT2D eigenvalue weighted by atomic mass is 10.1. The number of rotatable bonds is 5. The Balaban J connectivity index is 2.18. The van der Waals surface area contributed by atoms with Crippen molar-refractivity contribution >= 4 is 11.3 Å². The molecule has 0 radical (unpaired) electrons. The molecule has 6 heteroatoms. The molecule has 0 bridgehead atoms. The molecule has 19 heavy (non-hydrogen) atoms. The van der Waals surface area contributed by atoms with E-state index in [0.29, 0.717) is 6.54 Å². The van der Waals surface area contributed by atoms with Crippen LogP contribution < -0.4 is 5.73 Å². The van der Waals surface area contributed by atoms with E-state index in [-0.39, 0.29) is 6.04 Å². The number of hydrogen-bond donors (Lipinski definition) is 1. The molecule has 5 nitrogen and oxygen atoms in total. The number of likely N-dealkylation sites (N-methyl/N-ethyl adjacent to an activating group) is 1. The van der Waals surface area contributed by atoms with E-state index < -0.39 is 0 Å². The van der Waals surface area contributed by atoms with Crippen LogP contribution >= 0.6 is 11.3 Å². The predicted molar refractivity (Wildman–Crippen MR) is 78.1 cm³/mol. The van der Waals surface area contributed by atoms with Crippen molar-refractivity contribution < 1.29 is 0 Å². The first kappa shape index (κ1) is 14.2. The summed E-state index contributed by atoms with van der Waals surface area (Å²) in [5.41, 5.74) is 11.2. The second-order valence-corrected chi connectivity index (χ2v) is 5.81. The zero-order valence-electron chi connectivity index (χ0n) is 11.9. The topological polar surface area (TPSA) is 60.0 Å². The molecule has 0 aromatic carbocycles. The lowest BCUT2D eigenvalue weighted by Gasteiger charge is -2.26. The van der Waals surface area contributed by atoms with Gasteiger partial charge in [0.2, 0.25) is 0 Å². The third-order valence-electron chi connectivity index (χ3n) is 3.40. The van der Waals surface area contributed by atoms with Crippen molar-refractivity contribution in [1.82, 2.24) is 19.7 Å². The van der Waals surface area contributed by atoms with Gasteiger partial charge in [0, 0.05) is 36.8 Å². The Morgan fingerprint density at radius 3 is 2.63 bits per heavy atom. The molecule has 0 aliphatic rings. The zero-order valence-corrected chi connectivity index (χ0v) is 12.7. The van der Waals surface area contributed by atoms with Crippen LogP contribution in [0, 0.1) is 13.8 Å². The van der Waals surface area contributed by atoms with Crippen molar-refractivity contribution in [1.29, 1.82) is 0 Å². The van der Waals surface area contributed by atoms with E-state index in [2.05, 4.69) is 28.2 Å². The first-order valence-electron chi connectivity index (χ1n) is 6.32. The molecule has 0 aliphatic heterocycles. The minimum Gasteiger partial charge on any atom is -0.329 e. The molecule has 1 atom stereocenters. The maximum Gasteiger partial charge on any atom is 0.0798 e. The van der Waals surface area contributed by atoms with E-state index in [1.165, 1.54) is 10.4 Å². The van der Waals surface area contributed by atoms with E-state index in [9.17, 15) is 0 Å². The van der Waals surface area contributed by atoms with E-state index >= 15 is 0 Å². The molecule has 0 amide bonds. The highest BCUT2D eigenvalue weighted by molar-refractivity contribution is 7.09. The van der Waals surface area contributed by atoms with Gasteiger partial charge >= 0.3 is 0 Å². The highest BCUT2D eigenvalue weighted by atomic mass is 32.1. The van der Waals surface area contributed by atoms with Crippen LogP contribution in [0.25, 0.3) is 0 Å². The predicted octanol–water partition coefficient (Wildman–Crippen LogP) is 1.63.